The van der Waals surface area contributed by atoms with Crippen LogP contribution in [0.25, 0.3) is 0 Å². The number of rotatable bonds is 13. The molecule has 2 amide bonds. The number of nitrogens with one attached hydrogen (secondary N) is 2. The third kappa shape index (κ3) is 10.9. The van der Waals surface area contributed by atoms with E-state index in [9.17, 15) is 18.0 Å². The van der Waals surface area contributed by atoms with Crippen molar-refractivity contribution >= 4 is 57.8 Å². The monoisotopic (exact) mass is 660 g/mol. The summed E-state index contributed by atoms with van der Waals surface area (Å²) in [7, 11) is -3.55. The number of piperidine rings is 1. The highest BCUT2D eigenvalue weighted by atomic mass is 35.5. The summed E-state index contributed by atoms with van der Waals surface area (Å²) < 4.78 is 27.3. The van der Waals surface area contributed by atoms with Crippen LogP contribution in [-0.4, -0.2) is 89.5 Å². The Labute approximate surface area is 267 Å². The van der Waals surface area contributed by atoms with Crippen LogP contribution >= 0.6 is 35.9 Å². The van der Waals surface area contributed by atoms with Crippen molar-refractivity contribution in [1.29, 1.82) is 0 Å². The smallest absolute Gasteiger partial charge is 0.243 e. The first-order valence-electron chi connectivity index (χ1n) is 15.2. The van der Waals surface area contributed by atoms with E-state index in [1.54, 1.807) is 11.8 Å². The highest BCUT2D eigenvalue weighted by molar-refractivity contribution is 8.00. The van der Waals surface area contributed by atoms with Crippen LogP contribution in [0.1, 0.15) is 64.4 Å². The Morgan fingerprint density at radius 1 is 1.05 bits per heavy atom. The highest BCUT2D eigenvalue weighted by Gasteiger charge is 2.40. The Morgan fingerprint density at radius 2 is 1.74 bits per heavy atom. The number of carbonyl (C=O) groups is 2. The third-order valence-electron chi connectivity index (χ3n) is 8.22. The van der Waals surface area contributed by atoms with Gasteiger partial charge in [-0.15, -0.1) is 24.2 Å². The second-order valence-corrected chi connectivity index (χ2v) is 16.3. The molecule has 2 unspecified atom stereocenters. The SMILES string of the molecule is CC(C)CS(=O)(=O)N1CSCC1C(=O)NC(CSCC1CCCCC1)C(=O)NC1CCN(Cc2ccccc2)CC1.Cl. The van der Waals surface area contributed by atoms with Crippen LogP contribution in [-0.2, 0) is 26.2 Å². The van der Waals surface area contributed by atoms with Crippen LogP contribution in [0.5, 0.6) is 0 Å². The minimum absolute atomic E-state index is 0. The molecule has 2 aliphatic heterocycles. The number of likely N-dealkylation sites (tertiary alicyclic amines) is 1. The molecule has 2 atom stereocenters. The molecule has 0 spiro atoms. The van der Waals surface area contributed by atoms with E-state index in [0.29, 0.717) is 17.4 Å². The van der Waals surface area contributed by atoms with E-state index in [1.165, 1.54) is 53.7 Å². The molecule has 1 aromatic carbocycles. The van der Waals surface area contributed by atoms with E-state index >= 15 is 0 Å². The van der Waals surface area contributed by atoms with Crippen molar-refractivity contribution in [1.82, 2.24) is 19.8 Å². The molecule has 42 heavy (non-hydrogen) atoms. The van der Waals surface area contributed by atoms with Crippen molar-refractivity contribution in [3.63, 3.8) is 0 Å². The van der Waals surface area contributed by atoms with Crippen molar-refractivity contribution in [2.75, 3.05) is 42.0 Å². The second kappa shape index (κ2) is 17.5. The van der Waals surface area contributed by atoms with E-state index in [0.717, 1.165) is 38.2 Å². The first-order valence-corrected chi connectivity index (χ1v) is 19.1. The molecule has 0 bridgehead atoms. The van der Waals surface area contributed by atoms with Gasteiger partial charge >= 0.3 is 0 Å². The average Bonchev–Trinajstić information content (AvgIpc) is 3.46. The number of carbonyl (C=O) groups excluding carboxylic acids is 2. The first kappa shape index (κ1) is 35.5. The summed E-state index contributed by atoms with van der Waals surface area (Å²) in [5.41, 5.74) is 1.29. The molecule has 2 N–H and O–H groups in total. The quantitative estimate of drug-likeness (QED) is 0.325. The summed E-state index contributed by atoms with van der Waals surface area (Å²) in [5, 5.41) is 6.21. The number of hydrogen-bond donors (Lipinski definition) is 2. The van der Waals surface area contributed by atoms with Gasteiger partial charge in [0.1, 0.15) is 12.1 Å². The Morgan fingerprint density at radius 3 is 2.40 bits per heavy atom. The van der Waals surface area contributed by atoms with E-state index < -0.39 is 22.1 Å². The van der Waals surface area contributed by atoms with Crippen LogP contribution in [0.3, 0.4) is 0 Å². The highest BCUT2D eigenvalue weighted by Crippen LogP contribution is 2.28. The lowest BCUT2D eigenvalue weighted by Gasteiger charge is -2.33. The summed E-state index contributed by atoms with van der Waals surface area (Å²) in [5.74, 6) is 2.33. The van der Waals surface area contributed by atoms with Gasteiger partial charge in [0, 0.05) is 37.2 Å². The van der Waals surface area contributed by atoms with Crippen molar-refractivity contribution in [3.8, 4) is 0 Å². The van der Waals surface area contributed by atoms with Crippen molar-refractivity contribution < 1.29 is 18.0 Å². The fourth-order valence-electron chi connectivity index (χ4n) is 5.96. The zero-order valence-corrected chi connectivity index (χ0v) is 28.3. The van der Waals surface area contributed by atoms with Gasteiger partial charge in [0.25, 0.3) is 0 Å². The largest absolute Gasteiger partial charge is 0.351 e. The summed E-state index contributed by atoms with van der Waals surface area (Å²) in [4.78, 5) is 29.4. The number of amides is 2. The molecule has 0 radical (unpaired) electrons. The van der Waals surface area contributed by atoms with E-state index in [1.807, 2.05) is 19.9 Å². The molecule has 0 aromatic heterocycles. The fraction of sp³-hybridized carbons (Fsp3) is 0.733. The van der Waals surface area contributed by atoms with E-state index in [-0.39, 0.29) is 47.8 Å². The number of halogens is 1. The Kier molecular flexibility index (Phi) is 14.8. The number of sulfonamides is 1. The fourth-order valence-corrected chi connectivity index (χ4v) is 10.8. The molecule has 1 aliphatic carbocycles. The third-order valence-corrected chi connectivity index (χ3v) is 12.9. The van der Waals surface area contributed by atoms with Crippen molar-refractivity contribution in [3.05, 3.63) is 35.9 Å². The standard InChI is InChI=1S/C30H48N4O4S3.ClH/c1-23(2)21-41(37,38)34-22-40-20-28(34)30(36)32-27(19-39-18-25-11-7-4-8-12-25)29(35)31-26-13-15-33(16-14-26)17-24-9-5-3-6-10-24;/h3,5-6,9-10,23,25-28H,4,7-8,11-22H2,1-2H3,(H,31,35)(H,32,36);1H. The van der Waals surface area contributed by atoms with Gasteiger partial charge in [-0.25, -0.2) is 8.42 Å². The summed E-state index contributed by atoms with van der Waals surface area (Å²) in [6.45, 7) is 6.47. The maximum Gasteiger partial charge on any atom is 0.243 e. The van der Waals surface area contributed by atoms with Crippen LogP contribution in [0.2, 0.25) is 0 Å². The van der Waals surface area contributed by atoms with Gasteiger partial charge in [-0.05, 0) is 48.8 Å². The van der Waals surface area contributed by atoms with Gasteiger partial charge in [-0.3, -0.25) is 14.5 Å². The lowest BCUT2D eigenvalue weighted by Crippen LogP contribution is -2.57. The number of nitrogens with zero attached hydrogens (tertiary/aromatic N) is 2. The minimum Gasteiger partial charge on any atom is -0.351 e. The summed E-state index contributed by atoms with van der Waals surface area (Å²) in [6.07, 6.45) is 8.06. The maximum atomic E-state index is 13.6. The molecular weight excluding hydrogens is 612 g/mol. The van der Waals surface area contributed by atoms with Crippen LogP contribution < -0.4 is 10.6 Å². The van der Waals surface area contributed by atoms with Crippen molar-refractivity contribution in [2.45, 2.75) is 83.5 Å². The number of hydrogen-bond acceptors (Lipinski definition) is 7. The van der Waals surface area contributed by atoms with Crippen LogP contribution in [0, 0.1) is 11.8 Å². The molecule has 238 valence electrons. The van der Waals surface area contributed by atoms with Crippen molar-refractivity contribution in [2.24, 2.45) is 11.8 Å². The van der Waals surface area contributed by atoms with Crippen LogP contribution in [0.15, 0.2) is 30.3 Å². The minimum atomic E-state index is -3.55. The van der Waals surface area contributed by atoms with Gasteiger partial charge in [0.2, 0.25) is 21.8 Å². The lowest BCUT2D eigenvalue weighted by atomic mass is 9.91. The summed E-state index contributed by atoms with van der Waals surface area (Å²) >= 11 is 3.19. The molecule has 12 heteroatoms. The first-order chi connectivity index (χ1) is 19.7. The predicted molar refractivity (Wildman–Crippen MR) is 178 cm³/mol. The number of benzene rings is 1. The Hall–Kier alpha value is -0.980. The topological polar surface area (TPSA) is 98.8 Å². The normalized spacial score (nSPS) is 22.0. The molecule has 1 saturated carbocycles. The van der Waals surface area contributed by atoms with Gasteiger partial charge in [-0.2, -0.15) is 16.1 Å². The second-order valence-electron chi connectivity index (χ2n) is 12.2. The average molecular weight is 661 g/mol. The molecule has 2 heterocycles. The molecule has 8 nitrogen and oxygen atoms in total. The van der Waals surface area contributed by atoms with E-state index in [2.05, 4.69) is 39.8 Å². The van der Waals surface area contributed by atoms with Gasteiger partial charge < -0.3 is 10.6 Å². The molecule has 1 aromatic rings. The molecule has 4 rings (SSSR count). The van der Waals surface area contributed by atoms with E-state index in [4.69, 9.17) is 0 Å². The molecule has 3 aliphatic rings. The van der Waals surface area contributed by atoms with Gasteiger partial charge in [0.15, 0.2) is 0 Å². The molecular formula is C30H49ClN4O4S3. The zero-order valence-electron chi connectivity index (χ0n) is 25.0. The molecule has 3 fully saturated rings. The Bertz CT molecular complexity index is 1080. The predicted octanol–water partition coefficient (Wildman–Crippen LogP) is 4.35. The Balaban J connectivity index is 0.00000484. The maximum absolute atomic E-state index is 13.6. The van der Waals surface area contributed by atoms with Crippen LogP contribution in [0.4, 0.5) is 0 Å². The summed E-state index contributed by atoms with van der Waals surface area (Å²) in [6, 6.07) is 9.05. The van der Waals surface area contributed by atoms with Gasteiger partial charge in [0.05, 0.1) is 11.6 Å². The number of thioether (sulfide) groups is 2. The lowest BCUT2D eigenvalue weighted by molar-refractivity contribution is -0.130. The van der Waals surface area contributed by atoms with Gasteiger partial charge in [-0.1, -0.05) is 63.4 Å². The zero-order chi connectivity index (χ0) is 29.2. The molecule has 2 saturated heterocycles.